The Morgan fingerprint density at radius 1 is 1.37 bits per heavy atom. The molecule has 0 fully saturated rings. The van der Waals surface area contributed by atoms with Gasteiger partial charge in [0.15, 0.2) is 5.82 Å². The first-order chi connectivity index (χ1) is 9.11. The van der Waals surface area contributed by atoms with E-state index in [2.05, 4.69) is 15.4 Å². The Hall–Kier alpha value is -1.30. The molecule has 0 saturated heterocycles. The van der Waals surface area contributed by atoms with Crippen molar-refractivity contribution >= 4 is 23.2 Å². The molecule has 0 amide bonds. The molecule has 1 N–H and O–H groups in total. The number of aromatic nitrogens is 3. The molecule has 0 saturated carbocycles. The Bertz CT molecular complexity index is 571. The predicted octanol–water partition coefficient (Wildman–Crippen LogP) is 2.42. The van der Waals surface area contributed by atoms with Crippen LogP contribution in [0.5, 0.6) is 5.75 Å². The van der Waals surface area contributed by atoms with Crippen LogP contribution in [0.4, 0.5) is 0 Å². The van der Waals surface area contributed by atoms with Gasteiger partial charge in [-0.1, -0.05) is 23.2 Å². The highest BCUT2D eigenvalue weighted by molar-refractivity contribution is 6.35. The molecule has 2 rings (SSSR count). The van der Waals surface area contributed by atoms with E-state index < -0.39 is 0 Å². The summed E-state index contributed by atoms with van der Waals surface area (Å²) in [7, 11) is 3.66. The second-order valence-corrected chi connectivity index (χ2v) is 4.84. The third kappa shape index (κ3) is 3.37. The summed E-state index contributed by atoms with van der Waals surface area (Å²) in [4.78, 5) is 4.10. The molecule has 1 aromatic heterocycles. The fraction of sp³-hybridized carbons (Fsp3) is 0.333. The summed E-state index contributed by atoms with van der Waals surface area (Å²) in [5, 5.41) is 8.11. The highest BCUT2D eigenvalue weighted by Gasteiger charge is 2.12. The molecule has 19 heavy (non-hydrogen) atoms. The van der Waals surface area contributed by atoms with Gasteiger partial charge >= 0.3 is 0 Å². The van der Waals surface area contributed by atoms with Crippen molar-refractivity contribution in [3.8, 4) is 5.75 Å². The number of benzene rings is 1. The van der Waals surface area contributed by atoms with Crippen LogP contribution in [0.1, 0.15) is 11.4 Å². The molecule has 0 radical (unpaired) electrons. The second-order valence-electron chi connectivity index (χ2n) is 3.99. The fourth-order valence-corrected chi connectivity index (χ4v) is 2.27. The van der Waals surface area contributed by atoms with Crippen LogP contribution < -0.4 is 10.1 Å². The topological polar surface area (TPSA) is 52.0 Å². The third-order valence-electron chi connectivity index (χ3n) is 2.60. The minimum Gasteiger partial charge on any atom is -0.484 e. The van der Waals surface area contributed by atoms with Crippen molar-refractivity contribution in [1.82, 2.24) is 20.1 Å². The van der Waals surface area contributed by atoms with E-state index in [1.165, 1.54) is 6.33 Å². The third-order valence-corrected chi connectivity index (χ3v) is 3.10. The summed E-state index contributed by atoms with van der Waals surface area (Å²) in [6.45, 7) is 0.920. The van der Waals surface area contributed by atoms with E-state index >= 15 is 0 Å². The van der Waals surface area contributed by atoms with Crippen molar-refractivity contribution in [3.05, 3.63) is 39.9 Å². The monoisotopic (exact) mass is 300 g/mol. The summed E-state index contributed by atoms with van der Waals surface area (Å²) >= 11 is 12.2. The Kier molecular flexibility index (Phi) is 4.63. The lowest BCUT2D eigenvalue weighted by atomic mass is 10.2. The van der Waals surface area contributed by atoms with Gasteiger partial charge in [0.25, 0.3) is 0 Å². The van der Waals surface area contributed by atoms with Crippen LogP contribution in [-0.2, 0) is 20.2 Å². The maximum atomic E-state index is 6.17. The van der Waals surface area contributed by atoms with Crippen LogP contribution in [0.3, 0.4) is 0 Å². The lowest BCUT2D eigenvalue weighted by molar-refractivity contribution is 0.286. The predicted molar refractivity (Wildman–Crippen MR) is 74.6 cm³/mol. The van der Waals surface area contributed by atoms with Crippen LogP contribution in [0.25, 0.3) is 0 Å². The smallest absolute Gasteiger partial charge is 0.164 e. The van der Waals surface area contributed by atoms with Crippen molar-refractivity contribution in [2.24, 2.45) is 7.05 Å². The zero-order chi connectivity index (χ0) is 13.8. The fourth-order valence-electron chi connectivity index (χ4n) is 1.68. The van der Waals surface area contributed by atoms with Crippen LogP contribution in [-0.4, -0.2) is 21.8 Å². The number of hydrogen-bond acceptors (Lipinski definition) is 4. The van der Waals surface area contributed by atoms with Crippen molar-refractivity contribution < 1.29 is 4.74 Å². The van der Waals surface area contributed by atoms with Crippen LogP contribution in [0.15, 0.2) is 18.5 Å². The number of nitrogens with zero attached hydrogens (tertiary/aromatic N) is 3. The number of halogens is 2. The van der Waals surface area contributed by atoms with Crippen molar-refractivity contribution in [2.75, 3.05) is 7.05 Å². The Balaban J connectivity index is 2.21. The van der Waals surface area contributed by atoms with Crippen LogP contribution in [0, 0.1) is 0 Å². The van der Waals surface area contributed by atoms with Gasteiger partial charge in [0.05, 0.1) is 5.02 Å². The molecule has 0 unspecified atom stereocenters. The second kappa shape index (κ2) is 6.23. The molecule has 0 aliphatic carbocycles. The van der Waals surface area contributed by atoms with Crippen molar-refractivity contribution in [2.45, 2.75) is 13.2 Å². The molecule has 5 nitrogen and oxygen atoms in total. The maximum Gasteiger partial charge on any atom is 0.164 e. The Labute approximate surface area is 121 Å². The molecule has 102 valence electrons. The van der Waals surface area contributed by atoms with Gasteiger partial charge in [0.1, 0.15) is 18.7 Å². The van der Waals surface area contributed by atoms with Gasteiger partial charge < -0.3 is 10.1 Å². The zero-order valence-corrected chi connectivity index (χ0v) is 12.2. The van der Waals surface area contributed by atoms with Gasteiger partial charge in [-0.25, -0.2) is 4.98 Å². The van der Waals surface area contributed by atoms with E-state index in [9.17, 15) is 0 Å². The Morgan fingerprint density at radius 2 is 2.16 bits per heavy atom. The standard InChI is InChI=1S/C12H14Cl2N4O/c1-15-5-8-3-9(13)4-10(14)12(8)19-6-11-16-7-17-18(11)2/h3-4,7,15H,5-6H2,1-2H3. The normalized spacial score (nSPS) is 10.7. The number of nitrogens with one attached hydrogen (secondary N) is 1. The lowest BCUT2D eigenvalue weighted by Gasteiger charge is -2.13. The zero-order valence-electron chi connectivity index (χ0n) is 10.7. The first-order valence-corrected chi connectivity index (χ1v) is 6.45. The molecular weight excluding hydrogens is 287 g/mol. The summed E-state index contributed by atoms with van der Waals surface area (Å²) in [5.74, 6) is 1.34. The number of aryl methyl sites for hydroxylation is 1. The Morgan fingerprint density at radius 3 is 2.79 bits per heavy atom. The highest BCUT2D eigenvalue weighted by Crippen LogP contribution is 2.32. The van der Waals surface area contributed by atoms with Crippen molar-refractivity contribution in [3.63, 3.8) is 0 Å². The van der Waals surface area contributed by atoms with E-state index in [-0.39, 0.29) is 0 Å². The number of ether oxygens (including phenoxy) is 1. The van der Waals surface area contributed by atoms with Gasteiger partial charge in [0, 0.05) is 24.2 Å². The first-order valence-electron chi connectivity index (χ1n) is 5.70. The summed E-state index contributed by atoms with van der Waals surface area (Å²) in [6.07, 6.45) is 1.48. The van der Waals surface area contributed by atoms with E-state index in [1.807, 2.05) is 20.2 Å². The number of rotatable bonds is 5. The van der Waals surface area contributed by atoms with Gasteiger partial charge in [-0.05, 0) is 19.2 Å². The molecular formula is C12H14Cl2N4O. The minimum absolute atomic E-state index is 0.300. The van der Waals surface area contributed by atoms with Gasteiger partial charge in [-0.2, -0.15) is 5.10 Å². The lowest BCUT2D eigenvalue weighted by Crippen LogP contribution is -2.10. The summed E-state index contributed by atoms with van der Waals surface area (Å²) in [5.41, 5.74) is 0.905. The van der Waals surface area contributed by atoms with Crippen LogP contribution in [0.2, 0.25) is 10.0 Å². The van der Waals surface area contributed by atoms with Crippen molar-refractivity contribution in [1.29, 1.82) is 0 Å². The maximum absolute atomic E-state index is 6.17. The molecule has 0 spiro atoms. The van der Waals surface area contributed by atoms with E-state index in [1.54, 1.807) is 10.7 Å². The van der Waals surface area contributed by atoms with Gasteiger partial charge in [-0.3, -0.25) is 4.68 Å². The highest BCUT2D eigenvalue weighted by atomic mass is 35.5. The molecule has 1 heterocycles. The molecule has 0 aliphatic rings. The SMILES string of the molecule is CNCc1cc(Cl)cc(Cl)c1OCc1ncnn1C. The largest absolute Gasteiger partial charge is 0.484 e. The quantitative estimate of drug-likeness (QED) is 0.921. The minimum atomic E-state index is 0.300. The van der Waals surface area contributed by atoms with Crippen LogP contribution >= 0.6 is 23.2 Å². The molecule has 1 aromatic carbocycles. The molecule has 0 aliphatic heterocycles. The number of hydrogen-bond donors (Lipinski definition) is 1. The summed E-state index contributed by atoms with van der Waals surface area (Å²) in [6, 6.07) is 3.49. The molecule has 7 heteroatoms. The van der Waals surface area contributed by atoms with E-state index in [0.717, 1.165) is 11.4 Å². The van der Waals surface area contributed by atoms with E-state index in [0.29, 0.717) is 28.9 Å². The summed E-state index contributed by atoms with van der Waals surface area (Å²) < 4.78 is 7.40. The average molecular weight is 301 g/mol. The van der Waals surface area contributed by atoms with Gasteiger partial charge in [-0.15, -0.1) is 0 Å². The molecule has 0 bridgehead atoms. The van der Waals surface area contributed by atoms with E-state index in [4.69, 9.17) is 27.9 Å². The molecule has 0 atom stereocenters. The average Bonchev–Trinajstić information content (AvgIpc) is 2.74. The van der Waals surface area contributed by atoms with Gasteiger partial charge in [0.2, 0.25) is 0 Å². The molecule has 2 aromatic rings. The first kappa shape index (κ1) is 14.1.